The standard InChI is InChI=1S/C27H31N5O3S/c1-30-22-8-4-3-7-20(22)29-21(26(30)35)9-10-23(33)32-17-13-27(18-32)11-15-31(16-12-27)25(34)19-6-5-14-28-24(19)36-2/h3-8,14H,9-13,15-18H2,1-2H3. The molecule has 5 rings (SSSR count). The van der Waals surface area contributed by atoms with Crippen molar-refractivity contribution in [3.8, 4) is 0 Å². The van der Waals surface area contributed by atoms with Gasteiger partial charge in [0, 0.05) is 52.3 Å². The van der Waals surface area contributed by atoms with Gasteiger partial charge >= 0.3 is 0 Å². The number of rotatable bonds is 5. The Hall–Kier alpha value is -3.20. The van der Waals surface area contributed by atoms with Gasteiger partial charge in [0.15, 0.2) is 0 Å². The third-order valence-electron chi connectivity index (χ3n) is 7.72. The van der Waals surface area contributed by atoms with Crippen molar-refractivity contribution in [1.29, 1.82) is 0 Å². The van der Waals surface area contributed by atoms with E-state index in [1.165, 1.54) is 11.8 Å². The van der Waals surface area contributed by atoms with Crippen molar-refractivity contribution in [1.82, 2.24) is 24.3 Å². The normalized spacial score (nSPS) is 17.2. The van der Waals surface area contributed by atoms with Crippen LogP contribution < -0.4 is 5.56 Å². The van der Waals surface area contributed by atoms with Crippen molar-refractivity contribution in [3.63, 3.8) is 0 Å². The number of aryl methyl sites for hydroxylation is 2. The highest BCUT2D eigenvalue weighted by Crippen LogP contribution is 2.41. The molecule has 36 heavy (non-hydrogen) atoms. The van der Waals surface area contributed by atoms with Crippen LogP contribution in [0, 0.1) is 5.41 Å². The fraction of sp³-hybridized carbons (Fsp3) is 0.444. The molecule has 2 aliphatic rings. The van der Waals surface area contributed by atoms with Gasteiger partial charge in [-0.1, -0.05) is 12.1 Å². The fourth-order valence-electron chi connectivity index (χ4n) is 5.51. The Kier molecular flexibility index (Phi) is 6.83. The molecule has 4 heterocycles. The first kappa shape index (κ1) is 24.5. The minimum Gasteiger partial charge on any atom is -0.342 e. The van der Waals surface area contributed by atoms with Gasteiger partial charge in [-0.05, 0) is 55.2 Å². The minimum absolute atomic E-state index is 0.0395. The van der Waals surface area contributed by atoms with Crippen molar-refractivity contribution >= 4 is 34.6 Å². The molecule has 0 unspecified atom stereocenters. The maximum Gasteiger partial charge on any atom is 0.272 e. The molecule has 0 atom stereocenters. The van der Waals surface area contributed by atoms with Crippen LogP contribution in [0.25, 0.3) is 11.0 Å². The highest BCUT2D eigenvalue weighted by Gasteiger charge is 2.42. The molecule has 1 spiro atoms. The smallest absolute Gasteiger partial charge is 0.272 e. The van der Waals surface area contributed by atoms with E-state index in [4.69, 9.17) is 0 Å². The van der Waals surface area contributed by atoms with Crippen LogP contribution in [0.2, 0.25) is 0 Å². The number of nitrogens with zero attached hydrogens (tertiary/aromatic N) is 5. The molecule has 2 amide bonds. The van der Waals surface area contributed by atoms with Crippen LogP contribution in [0.5, 0.6) is 0 Å². The van der Waals surface area contributed by atoms with Gasteiger partial charge < -0.3 is 14.4 Å². The number of aromatic nitrogens is 3. The molecule has 2 fully saturated rings. The van der Waals surface area contributed by atoms with Crippen LogP contribution >= 0.6 is 11.8 Å². The summed E-state index contributed by atoms with van der Waals surface area (Å²) in [6.45, 7) is 2.84. The topological polar surface area (TPSA) is 88.4 Å². The third kappa shape index (κ3) is 4.64. The van der Waals surface area contributed by atoms with Gasteiger partial charge in [0.2, 0.25) is 5.91 Å². The quantitative estimate of drug-likeness (QED) is 0.495. The first-order valence-electron chi connectivity index (χ1n) is 12.4. The van der Waals surface area contributed by atoms with Gasteiger partial charge in [0.25, 0.3) is 11.5 Å². The summed E-state index contributed by atoms with van der Waals surface area (Å²) in [6.07, 6.45) is 7.01. The van der Waals surface area contributed by atoms with Gasteiger partial charge in [-0.15, -0.1) is 11.8 Å². The van der Waals surface area contributed by atoms with E-state index in [0.29, 0.717) is 30.8 Å². The maximum atomic E-state index is 13.1. The van der Waals surface area contributed by atoms with Crippen molar-refractivity contribution in [2.75, 3.05) is 32.4 Å². The van der Waals surface area contributed by atoms with Crippen LogP contribution in [0.1, 0.15) is 41.7 Å². The monoisotopic (exact) mass is 505 g/mol. The van der Waals surface area contributed by atoms with E-state index in [1.54, 1.807) is 17.8 Å². The van der Waals surface area contributed by atoms with E-state index in [-0.39, 0.29) is 29.2 Å². The molecular weight excluding hydrogens is 474 g/mol. The van der Waals surface area contributed by atoms with Crippen molar-refractivity contribution < 1.29 is 9.59 Å². The Morgan fingerprint density at radius 1 is 1.03 bits per heavy atom. The number of piperidine rings is 1. The number of pyridine rings is 1. The molecule has 9 heteroatoms. The summed E-state index contributed by atoms with van der Waals surface area (Å²) in [4.78, 5) is 51.6. The lowest BCUT2D eigenvalue weighted by atomic mass is 9.77. The number of benzene rings is 1. The van der Waals surface area contributed by atoms with E-state index in [2.05, 4.69) is 9.97 Å². The molecule has 0 bridgehead atoms. The van der Waals surface area contributed by atoms with Gasteiger partial charge in [-0.25, -0.2) is 9.97 Å². The SMILES string of the molecule is CSc1ncccc1C(=O)N1CCC2(CCN(C(=O)CCc3nc4ccccc4n(C)c3=O)C2)CC1. The molecule has 0 radical (unpaired) electrons. The van der Waals surface area contributed by atoms with Gasteiger partial charge in [0.1, 0.15) is 10.7 Å². The second-order valence-electron chi connectivity index (χ2n) is 9.83. The summed E-state index contributed by atoms with van der Waals surface area (Å²) in [5, 5.41) is 0.760. The maximum absolute atomic E-state index is 13.1. The number of carbonyl (C=O) groups is 2. The predicted molar refractivity (Wildman–Crippen MR) is 140 cm³/mol. The van der Waals surface area contributed by atoms with E-state index < -0.39 is 0 Å². The van der Waals surface area contributed by atoms with Crippen LogP contribution in [0.4, 0.5) is 0 Å². The lowest BCUT2D eigenvalue weighted by molar-refractivity contribution is -0.130. The second-order valence-corrected chi connectivity index (χ2v) is 10.6. The first-order chi connectivity index (χ1) is 17.4. The Bertz CT molecular complexity index is 1360. The number of carbonyl (C=O) groups excluding carboxylic acids is 2. The Balaban J connectivity index is 1.18. The molecule has 0 N–H and O–H groups in total. The molecule has 0 saturated carbocycles. The van der Waals surface area contributed by atoms with E-state index in [0.717, 1.165) is 48.4 Å². The zero-order valence-corrected chi connectivity index (χ0v) is 21.6. The fourth-order valence-corrected chi connectivity index (χ4v) is 6.05. The van der Waals surface area contributed by atoms with Gasteiger partial charge in [0.05, 0.1) is 16.6 Å². The second kappa shape index (κ2) is 10.0. The first-order valence-corrected chi connectivity index (χ1v) is 13.6. The molecule has 1 aromatic carbocycles. The lowest BCUT2D eigenvalue weighted by Gasteiger charge is -2.39. The number of amides is 2. The zero-order valence-electron chi connectivity index (χ0n) is 20.8. The average molecular weight is 506 g/mol. The molecule has 2 aromatic heterocycles. The number of thioether (sulfide) groups is 1. The number of fused-ring (bicyclic) bond motifs is 1. The van der Waals surface area contributed by atoms with Crippen LogP contribution in [0.15, 0.2) is 52.4 Å². The summed E-state index contributed by atoms with van der Waals surface area (Å²) >= 11 is 1.49. The Morgan fingerprint density at radius 2 is 1.75 bits per heavy atom. The van der Waals surface area contributed by atoms with Crippen LogP contribution in [-0.4, -0.2) is 68.6 Å². The lowest BCUT2D eigenvalue weighted by Crippen LogP contribution is -2.44. The Morgan fingerprint density at radius 3 is 2.50 bits per heavy atom. The van der Waals surface area contributed by atoms with E-state index in [9.17, 15) is 14.4 Å². The number of para-hydroxylation sites is 2. The molecule has 2 aliphatic heterocycles. The summed E-state index contributed by atoms with van der Waals surface area (Å²) < 4.78 is 1.61. The number of hydrogen-bond donors (Lipinski definition) is 0. The summed E-state index contributed by atoms with van der Waals surface area (Å²) in [7, 11) is 1.75. The highest BCUT2D eigenvalue weighted by atomic mass is 32.2. The van der Waals surface area contributed by atoms with Crippen LogP contribution in [-0.2, 0) is 18.3 Å². The summed E-state index contributed by atoms with van der Waals surface area (Å²) in [5.41, 5.74) is 2.58. The molecule has 8 nitrogen and oxygen atoms in total. The van der Waals surface area contributed by atoms with Gasteiger partial charge in [-0.2, -0.15) is 0 Å². The highest BCUT2D eigenvalue weighted by molar-refractivity contribution is 7.98. The van der Waals surface area contributed by atoms with Crippen molar-refractivity contribution in [2.24, 2.45) is 12.5 Å². The molecule has 0 aliphatic carbocycles. The average Bonchev–Trinajstić information content (AvgIpc) is 3.33. The Labute approximate surface area is 214 Å². The van der Waals surface area contributed by atoms with Crippen molar-refractivity contribution in [2.45, 2.75) is 37.1 Å². The van der Waals surface area contributed by atoms with Gasteiger partial charge in [-0.3, -0.25) is 14.4 Å². The largest absolute Gasteiger partial charge is 0.342 e. The molecule has 188 valence electrons. The van der Waals surface area contributed by atoms with Crippen LogP contribution in [0.3, 0.4) is 0 Å². The summed E-state index contributed by atoms with van der Waals surface area (Å²) in [5.74, 6) is 0.111. The zero-order chi connectivity index (χ0) is 25.3. The minimum atomic E-state index is -0.144. The number of hydrogen-bond acceptors (Lipinski definition) is 6. The molecular formula is C27H31N5O3S. The van der Waals surface area contributed by atoms with E-state index in [1.807, 2.05) is 52.5 Å². The number of likely N-dealkylation sites (tertiary alicyclic amines) is 2. The summed E-state index contributed by atoms with van der Waals surface area (Å²) in [6, 6.07) is 11.2. The third-order valence-corrected chi connectivity index (χ3v) is 8.43. The molecule has 2 saturated heterocycles. The van der Waals surface area contributed by atoms with Crippen molar-refractivity contribution in [3.05, 3.63) is 64.2 Å². The molecule has 3 aromatic rings. The van der Waals surface area contributed by atoms with E-state index >= 15 is 0 Å². The predicted octanol–water partition coefficient (Wildman–Crippen LogP) is 3.14.